The predicted octanol–water partition coefficient (Wildman–Crippen LogP) is 3.58. The van der Waals surface area contributed by atoms with Gasteiger partial charge in [0.1, 0.15) is 4.60 Å². The van der Waals surface area contributed by atoms with Crippen LogP contribution >= 0.6 is 31.9 Å². The zero-order valence-corrected chi connectivity index (χ0v) is 10.3. The Kier molecular flexibility index (Phi) is 4.09. The quantitative estimate of drug-likeness (QED) is 0.364. The van der Waals surface area contributed by atoms with Crippen molar-refractivity contribution in [1.29, 1.82) is 0 Å². The fourth-order valence-electron chi connectivity index (χ4n) is 1.04. The van der Waals surface area contributed by atoms with Crippen LogP contribution in [0.2, 0.25) is 0 Å². The molecule has 0 aliphatic heterocycles. The Morgan fingerprint density at radius 1 is 1.60 bits per heavy atom. The average molecular weight is 346 g/mol. The molecule has 0 N–H and O–H groups in total. The van der Waals surface area contributed by atoms with Crippen molar-refractivity contribution in [2.75, 3.05) is 0 Å². The van der Waals surface area contributed by atoms with Gasteiger partial charge >= 0.3 is 5.69 Å². The van der Waals surface area contributed by atoms with Crippen LogP contribution in [0.4, 0.5) is 14.5 Å². The third-order valence-electron chi connectivity index (χ3n) is 1.60. The molecule has 8 heteroatoms. The van der Waals surface area contributed by atoms with Crippen LogP contribution in [0.15, 0.2) is 10.7 Å². The van der Waals surface area contributed by atoms with Gasteiger partial charge in [-0.3, -0.25) is 10.1 Å². The van der Waals surface area contributed by atoms with E-state index in [0.29, 0.717) is 0 Å². The molecule has 82 valence electrons. The summed E-state index contributed by atoms with van der Waals surface area (Å²) in [5, 5.41) is 10.7. The molecule has 0 spiro atoms. The first-order valence-electron chi connectivity index (χ1n) is 3.65. The summed E-state index contributed by atoms with van der Waals surface area (Å²) in [4.78, 5) is 13.2. The predicted molar refractivity (Wildman–Crippen MR) is 56.2 cm³/mol. The van der Waals surface area contributed by atoms with Crippen LogP contribution in [-0.4, -0.2) is 9.91 Å². The Bertz CT molecular complexity index is 401. The summed E-state index contributed by atoms with van der Waals surface area (Å²) < 4.78 is 25.1. The van der Waals surface area contributed by atoms with E-state index in [4.69, 9.17) is 0 Å². The highest BCUT2D eigenvalue weighted by molar-refractivity contribution is 9.10. The van der Waals surface area contributed by atoms with Gasteiger partial charge in [-0.1, -0.05) is 15.9 Å². The maximum Gasteiger partial charge on any atom is 0.300 e. The Balaban J connectivity index is 3.47. The zero-order chi connectivity index (χ0) is 11.6. The van der Waals surface area contributed by atoms with Crippen molar-refractivity contribution in [2.24, 2.45) is 0 Å². The van der Waals surface area contributed by atoms with E-state index >= 15 is 0 Å². The number of pyridine rings is 1. The maximum atomic E-state index is 12.5. The zero-order valence-electron chi connectivity index (χ0n) is 7.08. The Hall–Kier alpha value is -0.630. The molecule has 0 atom stereocenters. The molecule has 0 saturated carbocycles. The molecular formula is C7H4Br2F2N2O2. The Morgan fingerprint density at radius 2 is 2.20 bits per heavy atom. The van der Waals surface area contributed by atoms with E-state index in [9.17, 15) is 18.9 Å². The molecular weight excluding hydrogens is 342 g/mol. The lowest BCUT2D eigenvalue weighted by atomic mass is 10.2. The maximum absolute atomic E-state index is 12.5. The van der Waals surface area contributed by atoms with Crippen LogP contribution in [0.25, 0.3) is 0 Å². The van der Waals surface area contributed by atoms with Crippen molar-refractivity contribution in [3.05, 3.63) is 32.0 Å². The van der Waals surface area contributed by atoms with Gasteiger partial charge in [-0.15, -0.1) is 0 Å². The van der Waals surface area contributed by atoms with E-state index in [-0.39, 0.29) is 15.5 Å². The Labute approximate surface area is 100 Å². The van der Waals surface area contributed by atoms with Gasteiger partial charge in [-0.25, -0.2) is 13.8 Å². The minimum atomic E-state index is -2.97. The molecule has 0 bridgehead atoms. The molecule has 0 fully saturated rings. The highest BCUT2D eigenvalue weighted by Gasteiger charge is 2.27. The van der Waals surface area contributed by atoms with Crippen LogP contribution in [0.3, 0.4) is 0 Å². The molecule has 0 radical (unpaired) electrons. The third kappa shape index (κ3) is 2.69. The summed E-state index contributed by atoms with van der Waals surface area (Å²) in [6, 6.07) is 1.33. The minimum absolute atomic E-state index is 0.115. The number of rotatable bonds is 3. The average Bonchev–Trinajstić information content (AvgIpc) is 2.15. The molecule has 1 heterocycles. The lowest BCUT2D eigenvalue weighted by Gasteiger charge is -2.05. The van der Waals surface area contributed by atoms with Gasteiger partial charge in [0.05, 0.1) is 4.92 Å². The van der Waals surface area contributed by atoms with Crippen LogP contribution < -0.4 is 0 Å². The summed E-state index contributed by atoms with van der Waals surface area (Å²) in [7, 11) is 0. The molecule has 0 aliphatic carbocycles. The smallest absolute Gasteiger partial charge is 0.258 e. The van der Waals surface area contributed by atoms with E-state index in [2.05, 4.69) is 36.8 Å². The first-order chi connectivity index (χ1) is 6.97. The van der Waals surface area contributed by atoms with Crippen molar-refractivity contribution in [3.8, 4) is 0 Å². The van der Waals surface area contributed by atoms with E-state index in [1.54, 1.807) is 0 Å². The molecule has 0 amide bonds. The summed E-state index contributed by atoms with van der Waals surface area (Å²) in [5.74, 6) is 0. The van der Waals surface area contributed by atoms with E-state index in [1.165, 1.54) is 6.07 Å². The molecule has 0 aliphatic rings. The highest BCUT2D eigenvalue weighted by atomic mass is 79.9. The fourth-order valence-corrected chi connectivity index (χ4v) is 1.94. The number of hydrogen-bond acceptors (Lipinski definition) is 3. The van der Waals surface area contributed by atoms with Gasteiger partial charge < -0.3 is 0 Å². The monoisotopic (exact) mass is 344 g/mol. The summed E-state index contributed by atoms with van der Waals surface area (Å²) in [6.45, 7) is 0. The largest absolute Gasteiger partial charge is 0.300 e. The van der Waals surface area contributed by atoms with Gasteiger partial charge in [-0.2, -0.15) is 0 Å². The van der Waals surface area contributed by atoms with Gasteiger partial charge in [0, 0.05) is 10.9 Å². The van der Waals surface area contributed by atoms with Crippen molar-refractivity contribution >= 4 is 37.5 Å². The molecule has 0 aromatic carbocycles. The number of nitrogens with zero attached hydrogens (tertiary/aromatic N) is 2. The van der Waals surface area contributed by atoms with Crippen LogP contribution in [0, 0.1) is 10.1 Å². The minimum Gasteiger partial charge on any atom is -0.258 e. The normalized spacial score (nSPS) is 10.7. The van der Waals surface area contributed by atoms with E-state index < -0.39 is 22.7 Å². The van der Waals surface area contributed by atoms with Crippen LogP contribution in [0.1, 0.15) is 17.7 Å². The molecule has 1 rings (SSSR count). The van der Waals surface area contributed by atoms with Crippen molar-refractivity contribution in [1.82, 2.24) is 4.98 Å². The van der Waals surface area contributed by atoms with Crippen molar-refractivity contribution < 1.29 is 13.7 Å². The van der Waals surface area contributed by atoms with Gasteiger partial charge in [0.2, 0.25) is 0 Å². The Morgan fingerprint density at radius 3 is 2.60 bits per heavy atom. The van der Waals surface area contributed by atoms with Crippen LogP contribution in [-0.2, 0) is 5.33 Å². The van der Waals surface area contributed by atoms with Gasteiger partial charge in [0.25, 0.3) is 6.43 Å². The first kappa shape index (κ1) is 12.4. The second-order valence-electron chi connectivity index (χ2n) is 2.53. The molecule has 0 saturated heterocycles. The van der Waals surface area contributed by atoms with E-state index in [0.717, 1.165) is 0 Å². The standard InChI is InChI=1S/C7H4Br2F2N2O2/c8-2-3-1-4(9)12-5(7(10)11)6(3)13(14)15/h1,7H,2H2. The summed E-state index contributed by atoms with van der Waals surface area (Å²) >= 11 is 5.91. The van der Waals surface area contributed by atoms with Crippen molar-refractivity contribution in [2.45, 2.75) is 11.8 Å². The van der Waals surface area contributed by atoms with E-state index in [1.807, 2.05) is 0 Å². The van der Waals surface area contributed by atoms with Crippen LogP contribution in [0.5, 0.6) is 0 Å². The first-order valence-corrected chi connectivity index (χ1v) is 5.56. The number of alkyl halides is 3. The van der Waals surface area contributed by atoms with Gasteiger partial charge in [0.15, 0.2) is 5.69 Å². The lowest BCUT2D eigenvalue weighted by molar-refractivity contribution is -0.387. The molecule has 1 aromatic heterocycles. The summed E-state index contributed by atoms with van der Waals surface area (Å²) in [5.41, 5.74) is -1.29. The number of hydrogen-bond donors (Lipinski definition) is 0. The SMILES string of the molecule is O=[N+]([O-])c1c(CBr)cc(Br)nc1C(F)F. The molecule has 4 nitrogen and oxygen atoms in total. The summed E-state index contributed by atoms with van der Waals surface area (Å²) in [6.07, 6.45) is -2.97. The van der Waals surface area contributed by atoms with Crippen molar-refractivity contribution in [3.63, 3.8) is 0 Å². The highest BCUT2D eigenvalue weighted by Crippen LogP contribution is 2.33. The second-order valence-corrected chi connectivity index (χ2v) is 3.90. The molecule has 15 heavy (non-hydrogen) atoms. The number of nitro groups is 1. The lowest BCUT2D eigenvalue weighted by Crippen LogP contribution is -2.03. The number of halogens is 4. The molecule has 0 unspecified atom stereocenters. The van der Waals surface area contributed by atoms with Gasteiger partial charge in [-0.05, 0) is 22.0 Å². The topological polar surface area (TPSA) is 56.0 Å². The number of aromatic nitrogens is 1. The third-order valence-corrected chi connectivity index (χ3v) is 2.61. The fraction of sp³-hybridized carbons (Fsp3) is 0.286. The molecule has 1 aromatic rings. The second kappa shape index (κ2) is 4.93.